The molecule has 2 nitrogen and oxygen atoms in total. The number of hydrogen-bond acceptors (Lipinski definition) is 2. The molecule has 0 amide bonds. The molecule has 0 heterocycles. The summed E-state index contributed by atoms with van der Waals surface area (Å²) in [6.07, 6.45) is -3.91. The molecular formula is C13H15F3O2. The fourth-order valence-electron chi connectivity index (χ4n) is 1.65. The highest BCUT2D eigenvalue weighted by Crippen LogP contribution is 2.29. The maximum absolute atomic E-state index is 12.5. The minimum absolute atomic E-state index is 0.0325. The van der Waals surface area contributed by atoms with Gasteiger partial charge in [-0.25, -0.2) is 0 Å². The second-order valence-corrected chi connectivity index (χ2v) is 3.96. The van der Waals surface area contributed by atoms with E-state index < -0.39 is 23.6 Å². The van der Waals surface area contributed by atoms with Crippen molar-refractivity contribution in [1.29, 1.82) is 0 Å². The van der Waals surface area contributed by atoms with Crippen LogP contribution in [0.4, 0.5) is 13.2 Å². The van der Waals surface area contributed by atoms with E-state index in [-0.39, 0.29) is 5.56 Å². The maximum atomic E-state index is 12.5. The summed E-state index contributed by atoms with van der Waals surface area (Å²) in [7, 11) is 1.38. The maximum Gasteiger partial charge on any atom is 0.416 e. The first-order valence-electron chi connectivity index (χ1n) is 5.64. The van der Waals surface area contributed by atoms with E-state index in [1.807, 2.05) is 6.92 Å². The van der Waals surface area contributed by atoms with Crippen LogP contribution in [0.1, 0.15) is 35.7 Å². The SMILES string of the molecule is CCCC(OC)C(=O)c1cccc(C(F)(F)F)c1. The molecule has 0 aliphatic carbocycles. The van der Waals surface area contributed by atoms with Crippen LogP contribution in [-0.2, 0) is 10.9 Å². The summed E-state index contributed by atoms with van der Waals surface area (Å²) >= 11 is 0. The summed E-state index contributed by atoms with van der Waals surface area (Å²) in [5.74, 6) is -0.412. The summed E-state index contributed by atoms with van der Waals surface area (Å²) in [6.45, 7) is 1.88. The van der Waals surface area contributed by atoms with Crippen LogP contribution in [0.5, 0.6) is 0 Å². The number of hydrogen-bond donors (Lipinski definition) is 0. The Hall–Kier alpha value is -1.36. The zero-order chi connectivity index (χ0) is 13.8. The van der Waals surface area contributed by atoms with Crippen LogP contribution in [0.25, 0.3) is 0 Å². The molecule has 1 atom stereocenters. The molecule has 0 N–H and O–H groups in total. The summed E-state index contributed by atoms with van der Waals surface area (Å²) in [5, 5.41) is 0. The average molecular weight is 260 g/mol. The topological polar surface area (TPSA) is 26.3 Å². The smallest absolute Gasteiger partial charge is 0.373 e. The Morgan fingerprint density at radius 3 is 2.56 bits per heavy atom. The highest BCUT2D eigenvalue weighted by molar-refractivity contribution is 5.99. The Morgan fingerprint density at radius 1 is 1.39 bits per heavy atom. The molecule has 0 radical (unpaired) electrons. The lowest BCUT2D eigenvalue weighted by Crippen LogP contribution is -2.23. The Labute approximate surface area is 104 Å². The molecule has 1 aromatic rings. The zero-order valence-corrected chi connectivity index (χ0v) is 10.3. The van der Waals surface area contributed by atoms with Crippen molar-refractivity contribution in [1.82, 2.24) is 0 Å². The molecule has 1 unspecified atom stereocenters. The van der Waals surface area contributed by atoms with E-state index in [2.05, 4.69) is 0 Å². The van der Waals surface area contributed by atoms with Gasteiger partial charge in [-0.05, 0) is 18.6 Å². The van der Waals surface area contributed by atoms with E-state index in [0.717, 1.165) is 18.6 Å². The zero-order valence-electron chi connectivity index (χ0n) is 10.3. The molecule has 0 aromatic heterocycles. The van der Waals surface area contributed by atoms with Crippen LogP contribution < -0.4 is 0 Å². The van der Waals surface area contributed by atoms with Crippen molar-refractivity contribution in [2.45, 2.75) is 32.0 Å². The summed E-state index contributed by atoms with van der Waals surface area (Å²) in [5.41, 5.74) is -0.787. The van der Waals surface area contributed by atoms with E-state index in [1.165, 1.54) is 19.2 Å². The number of alkyl halides is 3. The van der Waals surface area contributed by atoms with E-state index in [0.29, 0.717) is 6.42 Å². The van der Waals surface area contributed by atoms with Gasteiger partial charge in [0.1, 0.15) is 6.10 Å². The number of ether oxygens (including phenoxy) is 1. The summed E-state index contributed by atoms with van der Waals surface area (Å²) in [4.78, 5) is 12.0. The second-order valence-electron chi connectivity index (χ2n) is 3.96. The molecule has 0 fully saturated rings. The van der Waals surface area contributed by atoms with Crippen molar-refractivity contribution >= 4 is 5.78 Å². The fraction of sp³-hybridized carbons (Fsp3) is 0.462. The van der Waals surface area contributed by atoms with Gasteiger partial charge >= 0.3 is 6.18 Å². The quantitative estimate of drug-likeness (QED) is 0.754. The monoisotopic (exact) mass is 260 g/mol. The van der Waals surface area contributed by atoms with E-state index in [4.69, 9.17) is 4.74 Å². The average Bonchev–Trinajstić information content (AvgIpc) is 2.34. The van der Waals surface area contributed by atoms with E-state index >= 15 is 0 Å². The van der Waals surface area contributed by atoms with Crippen molar-refractivity contribution in [3.05, 3.63) is 35.4 Å². The molecule has 0 saturated carbocycles. The number of halogens is 3. The lowest BCUT2D eigenvalue weighted by Gasteiger charge is -2.14. The molecule has 0 aliphatic heterocycles. The standard InChI is InChI=1S/C13H15F3O2/c1-3-5-11(18-2)12(17)9-6-4-7-10(8-9)13(14,15)16/h4,6-8,11H,3,5H2,1-2H3. The molecule has 100 valence electrons. The van der Waals surface area contributed by atoms with Crippen LogP contribution >= 0.6 is 0 Å². The van der Waals surface area contributed by atoms with Crippen molar-refractivity contribution in [2.75, 3.05) is 7.11 Å². The number of methoxy groups -OCH3 is 1. The van der Waals surface area contributed by atoms with Gasteiger partial charge in [-0.2, -0.15) is 13.2 Å². The van der Waals surface area contributed by atoms with Crippen LogP contribution in [0.2, 0.25) is 0 Å². The Kier molecular flexibility index (Phi) is 4.90. The van der Waals surface area contributed by atoms with E-state index in [9.17, 15) is 18.0 Å². The Bertz CT molecular complexity index is 413. The highest BCUT2D eigenvalue weighted by Gasteiger charge is 2.31. The fourth-order valence-corrected chi connectivity index (χ4v) is 1.65. The molecule has 18 heavy (non-hydrogen) atoms. The molecule has 0 spiro atoms. The van der Waals surface area contributed by atoms with Crippen molar-refractivity contribution in [3.63, 3.8) is 0 Å². The third kappa shape index (κ3) is 3.57. The predicted molar refractivity (Wildman–Crippen MR) is 61.5 cm³/mol. The molecule has 1 aromatic carbocycles. The molecule has 0 aliphatic rings. The normalized spacial score (nSPS) is 13.4. The minimum atomic E-state index is -4.44. The Balaban J connectivity index is 2.99. The van der Waals surface area contributed by atoms with Crippen molar-refractivity contribution in [3.8, 4) is 0 Å². The third-order valence-corrected chi connectivity index (χ3v) is 2.60. The number of benzene rings is 1. The number of carbonyl (C=O) groups is 1. The number of rotatable bonds is 5. The lowest BCUT2D eigenvalue weighted by atomic mass is 10.0. The Morgan fingerprint density at radius 2 is 2.06 bits per heavy atom. The van der Waals surface area contributed by atoms with Gasteiger partial charge < -0.3 is 4.74 Å². The second kappa shape index (κ2) is 6.00. The van der Waals surface area contributed by atoms with Gasteiger partial charge in [0, 0.05) is 12.7 Å². The summed E-state index contributed by atoms with van der Waals surface area (Å²) < 4.78 is 42.6. The van der Waals surface area contributed by atoms with Gasteiger partial charge in [-0.15, -0.1) is 0 Å². The molecule has 0 saturated heterocycles. The van der Waals surface area contributed by atoms with E-state index in [1.54, 1.807) is 0 Å². The van der Waals surface area contributed by atoms with Crippen LogP contribution in [0.15, 0.2) is 24.3 Å². The van der Waals surface area contributed by atoms with Crippen molar-refractivity contribution < 1.29 is 22.7 Å². The first kappa shape index (κ1) is 14.7. The number of Topliss-reactive ketones (excluding diaryl/α,β-unsaturated/α-hetero) is 1. The van der Waals surface area contributed by atoms with Gasteiger partial charge in [-0.1, -0.05) is 25.5 Å². The minimum Gasteiger partial charge on any atom is -0.373 e. The predicted octanol–water partition coefficient (Wildman–Crippen LogP) is 3.70. The molecular weight excluding hydrogens is 245 g/mol. The largest absolute Gasteiger partial charge is 0.416 e. The number of carbonyl (C=O) groups excluding carboxylic acids is 1. The lowest BCUT2D eigenvalue weighted by molar-refractivity contribution is -0.137. The molecule has 5 heteroatoms. The number of ketones is 1. The van der Waals surface area contributed by atoms with Crippen LogP contribution in [0, 0.1) is 0 Å². The first-order valence-corrected chi connectivity index (χ1v) is 5.64. The van der Waals surface area contributed by atoms with Crippen molar-refractivity contribution in [2.24, 2.45) is 0 Å². The van der Waals surface area contributed by atoms with Gasteiger partial charge in [-0.3, -0.25) is 4.79 Å². The molecule has 0 bridgehead atoms. The first-order chi connectivity index (χ1) is 8.40. The van der Waals surface area contributed by atoms with Crippen LogP contribution in [-0.4, -0.2) is 19.0 Å². The third-order valence-electron chi connectivity index (χ3n) is 2.60. The van der Waals surface area contributed by atoms with Gasteiger partial charge in [0.2, 0.25) is 0 Å². The summed E-state index contributed by atoms with van der Waals surface area (Å²) in [6, 6.07) is 4.41. The molecule has 1 rings (SSSR count). The van der Waals surface area contributed by atoms with Gasteiger partial charge in [0.15, 0.2) is 5.78 Å². The van der Waals surface area contributed by atoms with Gasteiger partial charge in [0.05, 0.1) is 5.56 Å². The highest BCUT2D eigenvalue weighted by atomic mass is 19.4. The van der Waals surface area contributed by atoms with Crippen LogP contribution in [0.3, 0.4) is 0 Å². The van der Waals surface area contributed by atoms with Gasteiger partial charge in [0.25, 0.3) is 0 Å².